The van der Waals surface area contributed by atoms with E-state index in [0.29, 0.717) is 31.4 Å². The smallest absolute Gasteiger partial charge is 0.411 e. The molecule has 40 heavy (non-hydrogen) atoms. The van der Waals surface area contributed by atoms with E-state index in [2.05, 4.69) is 11.1 Å². The third kappa shape index (κ3) is 6.59. The SMILES string of the molecule is C[C@@H](c1ccc(-c2ccc(C(=O)CC(C)(C)C)cn2)cc1)N1CC[C@](CC(C)(C)C#N)(c2ccccc2)OC1=O. The zero-order valence-corrected chi connectivity index (χ0v) is 24.4. The van der Waals surface area contributed by atoms with E-state index in [1.165, 1.54) is 0 Å². The summed E-state index contributed by atoms with van der Waals surface area (Å²) < 4.78 is 6.20. The Hall–Kier alpha value is -3.98. The van der Waals surface area contributed by atoms with Crippen LogP contribution >= 0.6 is 0 Å². The lowest BCUT2D eigenvalue weighted by molar-refractivity contribution is -0.0770. The van der Waals surface area contributed by atoms with Gasteiger partial charge in [0.15, 0.2) is 5.78 Å². The van der Waals surface area contributed by atoms with Crippen LogP contribution in [0.3, 0.4) is 0 Å². The minimum Gasteiger partial charge on any atom is -0.438 e. The van der Waals surface area contributed by atoms with Gasteiger partial charge in [0.1, 0.15) is 5.60 Å². The molecule has 6 heteroatoms. The second-order valence-electron chi connectivity index (χ2n) is 12.7. The maximum Gasteiger partial charge on any atom is 0.411 e. The van der Waals surface area contributed by atoms with Gasteiger partial charge in [-0.25, -0.2) is 4.79 Å². The summed E-state index contributed by atoms with van der Waals surface area (Å²) in [6, 6.07) is 23.6. The molecule has 0 unspecified atom stereocenters. The molecule has 0 spiro atoms. The molecule has 1 amide bonds. The average Bonchev–Trinajstić information content (AvgIpc) is 2.92. The van der Waals surface area contributed by atoms with Crippen molar-refractivity contribution in [3.8, 4) is 17.3 Å². The Kier molecular flexibility index (Phi) is 8.16. The highest BCUT2D eigenvalue weighted by atomic mass is 16.6. The highest BCUT2D eigenvalue weighted by Gasteiger charge is 2.46. The normalized spacial score (nSPS) is 18.5. The molecule has 2 aromatic carbocycles. The van der Waals surface area contributed by atoms with E-state index in [9.17, 15) is 14.9 Å². The molecule has 0 radical (unpaired) electrons. The Morgan fingerprint density at radius 1 is 1.05 bits per heavy atom. The van der Waals surface area contributed by atoms with Gasteiger partial charge >= 0.3 is 6.09 Å². The van der Waals surface area contributed by atoms with Gasteiger partial charge in [-0.1, -0.05) is 75.4 Å². The van der Waals surface area contributed by atoms with Gasteiger partial charge in [-0.05, 0) is 49.4 Å². The number of benzene rings is 2. The maximum absolute atomic E-state index is 13.4. The zero-order chi connectivity index (χ0) is 29.1. The van der Waals surface area contributed by atoms with Crippen LogP contribution in [0, 0.1) is 22.2 Å². The number of Topliss-reactive ketones (excluding diaryl/α,β-unsaturated/α-hetero) is 1. The average molecular weight is 538 g/mol. The van der Waals surface area contributed by atoms with Gasteiger partial charge in [0.25, 0.3) is 0 Å². The Balaban J connectivity index is 1.48. The molecule has 2 atom stereocenters. The van der Waals surface area contributed by atoms with E-state index >= 15 is 0 Å². The van der Waals surface area contributed by atoms with Crippen molar-refractivity contribution >= 4 is 11.9 Å². The first kappa shape index (κ1) is 29.0. The monoisotopic (exact) mass is 537 g/mol. The summed E-state index contributed by atoms with van der Waals surface area (Å²) in [6.45, 7) is 12.4. The molecule has 0 saturated carbocycles. The number of ether oxygens (including phenoxy) is 1. The summed E-state index contributed by atoms with van der Waals surface area (Å²) in [7, 11) is 0. The van der Waals surface area contributed by atoms with Gasteiger partial charge < -0.3 is 9.64 Å². The van der Waals surface area contributed by atoms with Crippen LogP contribution in [-0.2, 0) is 10.3 Å². The summed E-state index contributed by atoms with van der Waals surface area (Å²) >= 11 is 0. The zero-order valence-electron chi connectivity index (χ0n) is 24.4. The first-order chi connectivity index (χ1) is 18.8. The minimum atomic E-state index is -0.844. The number of pyridine rings is 1. The predicted octanol–water partition coefficient (Wildman–Crippen LogP) is 8.11. The van der Waals surface area contributed by atoms with Crippen LogP contribution in [0.15, 0.2) is 72.9 Å². The van der Waals surface area contributed by atoms with E-state index < -0.39 is 11.0 Å². The van der Waals surface area contributed by atoms with Crippen LogP contribution < -0.4 is 0 Å². The standard InChI is InChI=1S/C34H39N3O3/c1-24(25-12-14-26(15-13-25)29-17-16-27(21-36-29)30(38)20-32(2,3)4)37-19-18-34(40-31(37)39,22-33(5,6)23-35)28-10-8-7-9-11-28/h7-17,21,24H,18-20,22H2,1-6H3/t24-,34-/m0/s1. The van der Waals surface area contributed by atoms with Crippen molar-refractivity contribution in [2.45, 2.75) is 72.4 Å². The van der Waals surface area contributed by atoms with E-state index in [1.807, 2.05) is 108 Å². The van der Waals surface area contributed by atoms with Gasteiger partial charge in [-0.2, -0.15) is 5.26 Å². The van der Waals surface area contributed by atoms with Crippen LogP contribution in [-0.4, -0.2) is 28.3 Å². The lowest BCUT2D eigenvalue weighted by atomic mass is 9.75. The molecule has 2 heterocycles. The van der Waals surface area contributed by atoms with E-state index in [1.54, 1.807) is 11.1 Å². The summed E-state index contributed by atoms with van der Waals surface area (Å²) in [5.41, 5.74) is 2.70. The molecule has 0 N–H and O–H groups in total. The number of carbonyl (C=O) groups is 2. The van der Waals surface area contributed by atoms with Crippen LogP contribution in [0.1, 0.15) is 88.3 Å². The van der Waals surface area contributed by atoms with Gasteiger partial charge in [0.2, 0.25) is 0 Å². The number of aromatic nitrogens is 1. The molecule has 208 valence electrons. The Bertz CT molecular complexity index is 1380. The summed E-state index contributed by atoms with van der Waals surface area (Å²) in [5, 5.41) is 9.70. The second kappa shape index (κ2) is 11.3. The Morgan fingerprint density at radius 3 is 2.27 bits per heavy atom. The second-order valence-corrected chi connectivity index (χ2v) is 12.7. The molecule has 1 aromatic heterocycles. The number of rotatable bonds is 8. The number of nitriles is 1. The molecule has 4 rings (SSSR count). The van der Waals surface area contributed by atoms with Gasteiger partial charge in [-0.15, -0.1) is 0 Å². The fourth-order valence-corrected chi connectivity index (χ4v) is 5.37. The van der Waals surface area contributed by atoms with Crippen LogP contribution in [0.2, 0.25) is 0 Å². The first-order valence-electron chi connectivity index (χ1n) is 13.9. The van der Waals surface area contributed by atoms with Crippen molar-refractivity contribution in [1.29, 1.82) is 5.26 Å². The number of hydrogen-bond acceptors (Lipinski definition) is 5. The van der Waals surface area contributed by atoms with Gasteiger partial charge in [0, 0.05) is 43.1 Å². The molecular formula is C34H39N3O3. The largest absolute Gasteiger partial charge is 0.438 e. The molecule has 6 nitrogen and oxygen atoms in total. The fourth-order valence-electron chi connectivity index (χ4n) is 5.37. The number of carbonyl (C=O) groups excluding carboxylic acids is 2. The lowest BCUT2D eigenvalue weighted by Gasteiger charge is -2.45. The van der Waals surface area contributed by atoms with Crippen LogP contribution in [0.25, 0.3) is 11.3 Å². The van der Waals surface area contributed by atoms with E-state index in [-0.39, 0.29) is 23.3 Å². The van der Waals surface area contributed by atoms with E-state index in [0.717, 1.165) is 22.4 Å². The summed E-state index contributed by atoms with van der Waals surface area (Å²) in [4.78, 5) is 32.2. The molecule has 1 fully saturated rings. The topological polar surface area (TPSA) is 83.3 Å². The quantitative estimate of drug-likeness (QED) is 0.271. The molecular weight excluding hydrogens is 498 g/mol. The van der Waals surface area contributed by atoms with Gasteiger partial charge in [-0.3, -0.25) is 9.78 Å². The van der Waals surface area contributed by atoms with E-state index in [4.69, 9.17) is 4.74 Å². The predicted molar refractivity (Wildman–Crippen MR) is 156 cm³/mol. The molecule has 1 saturated heterocycles. The minimum absolute atomic E-state index is 0.0701. The number of cyclic esters (lactones) is 1. The van der Waals surface area contributed by atoms with Crippen molar-refractivity contribution in [1.82, 2.24) is 9.88 Å². The molecule has 1 aliphatic heterocycles. The van der Waals surface area contributed by atoms with Crippen molar-refractivity contribution in [2.75, 3.05) is 6.54 Å². The Morgan fingerprint density at radius 2 is 1.73 bits per heavy atom. The molecule has 0 bridgehead atoms. The van der Waals surface area contributed by atoms with Crippen molar-refractivity contribution in [3.63, 3.8) is 0 Å². The third-order valence-corrected chi connectivity index (χ3v) is 7.54. The van der Waals surface area contributed by atoms with Crippen molar-refractivity contribution in [3.05, 3.63) is 89.6 Å². The molecule has 1 aliphatic rings. The Labute approximate surface area is 238 Å². The number of nitrogens with zero attached hydrogens (tertiary/aromatic N) is 3. The number of ketones is 1. The summed E-state index contributed by atoms with van der Waals surface area (Å²) in [5.74, 6) is 0.0941. The fraction of sp³-hybridized carbons (Fsp3) is 0.412. The molecule has 0 aliphatic carbocycles. The maximum atomic E-state index is 13.4. The van der Waals surface area contributed by atoms with Crippen LogP contribution in [0.4, 0.5) is 4.79 Å². The van der Waals surface area contributed by atoms with Crippen molar-refractivity contribution < 1.29 is 14.3 Å². The number of amides is 1. The van der Waals surface area contributed by atoms with Crippen LogP contribution in [0.5, 0.6) is 0 Å². The highest BCUT2D eigenvalue weighted by Crippen LogP contribution is 2.44. The third-order valence-electron chi connectivity index (χ3n) is 7.54. The molecule has 3 aromatic rings. The van der Waals surface area contributed by atoms with Crippen molar-refractivity contribution in [2.24, 2.45) is 10.8 Å². The summed E-state index contributed by atoms with van der Waals surface area (Å²) in [6.07, 6.45) is 2.77. The number of hydrogen-bond donors (Lipinski definition) is 0. The highest BCUT2D eigenvalue weighted by molar-refractivity contribution is 5.96. The first-order valence-corrected chi connectivity index (χ1v) is 13.9. The van der Waals surface area contributed by atoms with Gasteiger partial charge in [0.05, 0.1) is 23.2 Å². The lowest BCUT2D eigenvalue weighted by Crippen LogP contribution is -2.50.